The lowest BCUT2D eigenvalue weighted by molar-refractivity contribution is -0.136. The number of H-pyrrole nitrogens is 1. The number of hydrogen-bond donors (Lipinski definition) is 5. The zero-order chi connectivity index (χ0) is 23.9. The minimum atomic E-state index is -4.67. The molecular weight excluding hydrogens is 459 g/mol. The van der Waals surface area contributed by atoms with Gasteiger partial charge in [-0.25, -0.2) is 9.97 Å². The van der Waals surface area contributed by atoms with Crippen LogP contribution in [0.5, 0.6) is 0 Å². The third kappa shape index (κ3) is 4.75. The van der Waals surface area contributed by atoms with E-state index in [1.807, 2.05) is 0 Å². The van der Waals surface area contributed by atoms with Gasteiger partial charge in [-0.15, -0.1) is 11.3 Å². The number of carbonyl (C=O) groups excluding carboxylic acids is 1. The van der Waals surface area contributed by atoms with Crippen molar-refractivity contribution in [2.24, 2.45) is 5.73 Å². The number of rotatable bonds is 6. The summed E-state index contributed by atoms with van der Waals surface area (Å²) in [7, 11) is 0. The van der Waals surface area contributed by atoms with Gasteiger partial charge in [-0.05, 0) is 25.8 Å². The number of aromatic nitrogens is 3. The maximum Gasteiger partial charge on any atom is 0.417 e. The number of amides is 1. The number of imidazole rings is 1. The molecule has 1 aliphatic heterocycles. The van der Waals surface area contributed by atoms with E-state index in [0.717, 1.165) is 23.2 Å². The Balaban J connectivity index is 1.48. The zero-order valence-electron chi connectivity index (χ0n) is 17.7. The first-order valence-corrected chi connectivity index (χ1v) is 11.1. The van der Waals surface area contributed by atoms with E-state index in [9.17, 15) is 23.1 Å². The van der Waals surface area contributed by atoms with Gasteiger partial charge in [0.15, 0.2) is 0 Å². The lowest BCUT2D eigenvalue weighted by atomic mass is 10.0. The van der Waals surface area contributed by atoms with Crippen LogP contribution in [0.25, 0.3) is 10.2 Å². The van der Waals surface area contributed by atoms with E-state index >= 15 is 0 Å². The van der Waals surface area contributed by atoms with Crippen LogP contribution in [0.2, 0.25) is 0 Å². The van der Waals surface area contributed by atoms with Crippen LogP contribution in [0.1, 0.15) is 45.7 Å². The molecule has 0 aromatic carbocycles. The molecule has 1 atom stereocenters. The molecule has 1 amide bonds. The van der Waals surface area contributed by atoms with Crippen molar-refractivity contribution in [1.29, 1.82) is 0 Å². The molecule has 0 saturated carbocycles. The largest absolute Gasteiger partial charge is 0.417 e. The van der Waals surface area contributed by atoms with Crippen molar-refractivity contribution < 1.29 is 23.1 Å². The maximum atomic E-state index is 13.8. The predicted octanol–water partition coefficient (Wildman–Crippen LogP) is 2.32. The van der Waals surface area contributed by atoms with Crippen LogP contribution in [0, 0.1) is 6.92 Å². The van der Waals surface area contributed by atoms with Crippen molar-refractivity contribution in [3.63, 3.8) is 0 Å². The summed E-state index contributed by atoms with van der Waals surface area (Å²) < 4.78 is 41.3. The Morgan fingerprint density at radius 2 is 2.12 bits per heavy atom. The smallest absolute Gasteiger partial charge is 0.397 e. The van der Waals surface area contributed by atoms with E-state index in [2.05, 4.69) is 20.3 Å². The number of anilines is 2. The molecule has 0 spiro atoms. The standard InChI is InChI=1S/C20H24F3N7O2S/c1-9-26-7-12(28-9)13(31)8-27-10-2-4-30(5-3-10)14-6-11(20(21,22)23)15-16(24)17(18(25)32)33-19(15)29-14/h6-7,10,13,27,31H,2-5,8,24H2,1H3,(H2,25,32)(H,26,28). The van der Waals surface area contributed by atoms with E-state index < -0.39 is 23.8 Å². The number of fused-ring (bicyclic) bond motifs is 1. The van der Waals surface area contributed by atoms with Crippen LogP contribution >= 0.6 is 11.3 Å². The van der Waals surface area contributed by atoms with E-state index in [1.165, 1.54) is 0 Å². The number of alkyl halides is 3. The van der Waals surface area contributed by atoms with Gasteiger partial charge in [-0.2, -0.15) is 13.2 Å². The highest BCUT2D eigenvalue weighted by atomic mass is 32.1. The lowest BCUT2D eigenvalue weighted by Gasteiger charge is -2.34. The fraction of sp³-hybridized carbons (Fsp3) is 0.450. The number of hydrogen-bond acceptors (Lipinski definition) is 8. The molecule has 0 aliphatic carbocycles. The molecule has 1 unspecified atom stereocenters. The summed E-state index contributed by atoms with van der Waals surface area (Å²) in [6.45, 7) is 3.10. The molecule has 0 bridgehead atoms. The second-order valence-corrected chi connectivity index (χ2v) is 9.02. The quantitative estimate of drug-likeness (QED) is 0.362. The highest BCUT2D eigenvalue weighted by Crippen LogP contribution is 2.43. The monoisotopic (exact) mass is 483 g/mol. The number of carbonyl (C=O) groups is 1. The van der Waals surface area contributed by atoms with Crippen LogP contribution < -0.4 is 21.7 Å². The average molecular weight is 484 g/mol. The second kappa shape index (κ2) is 8.80. The number of nitrogens with one attached hydrogen (secondary N) is 2. The van der Waals surface area contributed by atoms with Gasteiger partial charge in [0.25, 0.3) is 5.91 Å². The summed E-state index contributed by atoms with van der Waals surface area (Å²) in [6.07, 6.45) is -2.48. The molecule has 9 nitrogen and oxygen atoms in total. The molecule has 13 heteroatoms. The first kappa shape index (κ1) is 23.3. The Kier molecular flexibility index (Phi) is 6.20. The fourth-order valence-corrected chi connectivity index (χ4v) is 4.95. The highest BCUT2D eigenvalue weighted by Gasteiger charge is 2.37. The lowest BCUT2D eigenvalue weighted by Crippen LogP contribution is -2.44. The van der Waals surface area contributed by atoms with Gasteiger partial charge >= 0.3 is 6.18 Å². The number of nitrogen functional groups attached to an aromatic ring is 1. The van der Waals surface area contributed by atoms with Crippen LogP contribution in [0.4, 0.5) is 24.7 Å². The number of aliphatic hydroxyl groups excluding tert-OH is 1. The minimum absolute atomic E-state index is 0.0318. The third-order valence-electron chi connectivity index (χ3n) is 5.71. The van der Waals surface area contributed by atoms with Crippen LogP contribution in [-0.2, 0) is 6.18 Å². The zero-order valence-corrected chi connectivity index (χ0v) is 18.6. The Morgan fingerprint density at radius 1 is 1.42 bits per heavy atom. The Bertz CT molecular complexity index is 1170. The molecule has 3 aromatic heterocycles. The number of aromatic amines is 1. The van der Waals surface area contributed by atoms with E-state index in [0.29, 0.717) is 38.2 Å². The Morgan fingerprint density at radius 3 is 2.70 bits per heavy atom. The highest BCUT2D eigenvalue weighted by molar-refractivity contribution is 7.21. The second-order valence-electron chi connectivity index (χ2n) is 8.02. The van der Waals surface area contributed by atoms with E-state index in [4.69, 9.17) is 11.5 Å². The van der Waals surface area contributed by atoms with Gasteiger partial charge in [0.05, 0.1) is 23.1 Å². The summed E-state index contributed by atoms with van der Waals surface area (Å²) >= 11 is 0.766. The van der Waals surface area contributed by atoms with Gasteiger partial charge in [-0.3, -0.25) is 4.79 Å². The first-order valence-electron chi connectivity index (χ1n) is 10.3. The summed E-state index contributed by atoms with van der Waals surface area (Å²) in [6, 6.07) is 1.08. The van der Waals surface area contributed by atoms with Gasteiger partial charge < -0.3 is 31.8 Å². The van der Waals surface area contributed by atoms with Gasteiger partial charge in [0, 0.05) is 31.1 Å². The van der Waals surface area contributed by atoms with E-state index in [1.54, 1.807) is 18.0 Å². The molecule has 1 fully saturated rings. The molecule has 3 aromatic rings. The minimum Gasteiger partial charge on any atom is -0.397 e. The maximum absolute atomic E-state index is 13.8. The number of thiophene rings is 1. The third-order valence-corrected chi connectivity index (χ3v) is 6.83. The van der Waals surface area contributed by atoms with Crippen molar-refractivity contribution in [2.75, 3.05) is 30.3 Å². The van der Waals surface area contributed by atoms with Crippen LogP contribution in [0.15, 0.2) is 12.3 Å². The molecular formula is C20H24F3N7O2S. The molecule has 178 valence electrons. The topological polar surface area (TPSA) is 146 Å². The van der Waals surface area contributed by atoms with Gasteiger partial charge in [0.2, 0.25) is 0 Å². The molecule has 4 heterocycles. The number of aliphatic hydroxyl groups is 1. The number of aryl methyl sites for hydroxylation is 1. The SMILES string of the molecule is Cc1ncc(C(O)CNC2CCN(c3cc(C(F)(F)F)c4c(N)c(C(N)=O)sc4n3)CC2)[nH]1. The number of pyridine rings is 1. The molecule has 33 heavy (non-hydrogen) atoms. The van der Waals surface area contributed by atoms with Crippen LogP contribution in [-0.4, -0.2) is 51.6 Å². The van der Waals surface area contributed by atoms with Crippen molar-refractivity contribution in [1.82, 2.24) is 20.3 Å². The predicted molar refractivity (Wildman–Crippen MR) is 119 cm³/mol. The van der Waals surface area contributed by atoms with Gasteiger partial charge in [-0.1, -0.05) is 0 Å². The summed E-state index contributed by atoms with van der Waals surface area (Å²) in [5, 5.41) is 13.3. The number of nitrogens with two attached hydrogens (primary N) is 2. The normalized spacial score (nSPS) is 16.5. The average Bonchev–Trinajstić information content (AvgIpc) is 3.34. The molecule has 7 N–H and O–H groups in total. The van der Waals surface area contributed by atoms with Crippen LogP contribution in [0.3, 0.4) is 0 Å². The first-order chi connectivity index (χ1) is 15.5. The van der Waals surface area contributed by atoms with Gasteiger partial charge in [0.1, 0.15) is 27.5 Å². The van der Waals surface area contributed by atoms with E-state index in [-0.39, 0.29) is 32.6 Å². The summed E-state index contributed by atoms with van der Waals surface area (Å²) in [5.74, 6) is 0.0126. The van der Waals surface area contributed by atoms with Crippen molar-refractivity contribution >= 4 is 39.0 Å². The summed E-state index contributed by atoms with van der Waals surface area (Å²) in [5.41, 5.74) is 10.5. The fourth-order valence-electron chi connectivity index (χ4n) is 3.99. The molecule has 1 aliphatic rings. The number of primary amides is 1. The number of halogens is 3. The molecule has 4 rings (SSSR count). The number of nitrogens with zero attached hydrogens (tertiary/aromatic N) is 3. The Hall–Kier alpha value is -2.90. The molecule has 1 saturated heterocycles. The van der Waals surface area contributed by atoms with Crippen molar-refractivity contribution in [3.8, 4) is 0 Å². The number of piperidine rings is 1. The Labute approximate surface area is 191 Å². The summed E-state index contributed by atoms with van der Waals surface area (Å²) in [4.78, 5) is 24.7. The van der Waals surface area contributed by atoms with Crippen molar-refractivity contribution in [2.45, 2.75) is 38.1 Å². The van der Waals surface area contributed by atoms with Crippen molar-refractivity contribution in [3.05, 3.63) is 34.2 Å². The molecule has 0 radical (unpaired) electrons.